The Hall–Kier alpha value is -2.35. The predicted octanol–water partition coefficient (Wildman–Crippen LogP) is 3.72. The summed E-state index contributed by atoms with van der Waals surface area (Å²) in [5, 5.41) is 12.7. The Morgan fingerprint density at radius 3 is 2.43 bits per heavy atom. The fraction of sp³-hybridized carbons (Fsp3) is 0.0769. The maximum atomic E-state index is 12.7. The number of benzene rings is 1. The van der Waals surface area contributed by atoms with Gasteiger partial charge < -0.3 is 10.4 Å². The van der Waals surface area contributed by atoms with E-state index in [1.807, 2.05) is 0 Å². The molecule has 0 saturated carbocycles. The van der Waals surface area contributed by atoms with Gasteiger partial charge in [-0.25, -0.2) is 4.79 Å². The summed E-state index contributed by atoms with van der Waals surface area (Å²) in [5.41, 5.74) is -1.91. The van der Waals surface area contributed by atoms with E-state index >= 15 is 0 Å². The Labute approximate surface area is 120 Å². The van der Waals surface area contributed by atoms with Crippen molar-refractivity contribution in [3.05, 3.63) is 51.7 Å². The van der Waals surface area contributed by atoms with Crippen molar-refractivity contribution in [2.45, 2.75) is 6.18 Å². The van der Waals surface area contributed by atoms with Gasteiger partial charge in [-0.3, -0.25) is 4.79 Å². The van der Waals surface area contributed by atoms with Crippen LogP contribution in [0.25, 0.3) is 0 Å². The predicted molar refractivity (Wildman–Crippen MR) is 70.7 cm³/mol. The van der Waals surface area contributed by atoms with Crippen molar-refractivity contribution < 1.29 is 27.9 Å². The average molecular weight is 315 g/mol. The number of hydrogen-bond donors (Lipinski definition) is 2. The van der Waals surface area contributed by atoms with Crippen LogP contribution in [-0.2, 0) is 6.18 Å². The number of carboxylic acid groups (broad SMARTS) is 1. The summed E-state index contributed by atoms with van der Waals surface area (Å²) >= 11 is 1.12. The molecule has 8 heteroatoms. The summed E-state index contributed by atoms with van der Waals surface area (Å²) in [6.07, 6.45) is -4.70. The molecule has 0 radical (unpaired) electrons. The van der Waals surface area contributed by atoms with Gasteiger partial charge in [0, 0.05) is 5.69 Å². The van der Waals surface area contributed by atoms with Crippen LogP contribution in [0.2, 0.25) is 0 Å². The molecular weight excluding hydrogens is 307 g/mol. The monoisotopic (exact) mass is 315 g/mol. The van der Waals surface area contributed by atoms with Gasteiger partial charge in [0.25, 0.3) is 5.91 Å². The Balaban J connectivity index is 2.37. The molecule has 2 N–H and O–H groups in total. The highest BCUT2D eigenvalue weighted by molar-refractivity contribution is 7.12. The molecule has 21 heavy (non-hydrogen) atoms. The van der Waals surface area contributed by atoms with Crippen molar-refractivity contribution in [2.75, 3.05) is 5.32 Å². The minimum atomic E-state index is -4.70. The van der Waals surface area contributed by atoms with E-state index in [-0.39, 0.29) is 5.69 Å². The first-order valence-corrected chi connectivity index (χ1v) is 6.46. The van der Waals surface area contributed by atoms with Crippen LogP contribution in [-0.4, -0.2) is 17.0 Å². The molecule has 0 unspecified atom stereocenters. The number of carbonyl (C=O) groups excluding carboxylic acids is 1. The molecule has 0 atom stereocenters. The topological polar surface area (TPSA) is 66.4 Å². The number of halogens is 3. The number of nitrogens with one attached hydrogen (secondary N) is 1. The van der Waals surface area contributed by atoms with Crippen molar-refractivity contribution >= 4 is 28.9 Å². The first-order chi connectivity index (χ1) is 9.77. The van der Waals surface area contributed by atoms with Gasteiger partial charge in [-0.1, -0.05) is 6.07 Å². The van der Waals surface area contributed by atoms with E-state index in [4.69, 9.17) is 5.11 Å². The molecule has 0 aliphatic rings. The van der Waals surface area contributed by atoms with Crippen LogP contribution < -0.4 is 5.32 Å². The van der Waals surface area contributed by atoms with Crippen LogP contribution in [0.4, 0.5) is 18.9 Å². The third kappa shape index (κ3) is 3.60. The number of carboxylic acids is 1. The molecule has 0 aliphatic carbocycles. The number of aromatic carboxylic acids is 1. The Bertz CT molecular complexity index is 680. The normalized spacial score (nSPS) is 11.2. The molecule has 0 saturated heterocycles. The largest absolute Gasteiger partial charge is 0.478 e. The number of anilines is 1. The SMILES string of the molecule is O=C(O)c1cc(NC(=O)c2cccs2)cc(C(F)(F)F)c1. The number of amides is 1. The van der Waals surface area contributed by atoms with Gasteiger partial charge in [0.05, 0.1) is 16.0 Å². The van der Waals surface area contributed by atoms with E-state index in [0.29, 0.717) is 17.0 Å². The molecule has 1 heterocycles. The maximum Gasteiger partial charge on any atom is 0.416 e. The van der Waals surface area contributed by atoms with Crippen LogP contribution in [0.5, 0.6) is 0 Å². The van der Waals surface area contributed by atoms with Crippen molar-refractivity contribution in [1.82, 2.24) is 0 Å². The second-order valence-electron chi connectivity index (χ2n) is 4.03. The third-order valence-electron chi connectivity index (χ3n) is 2.51. The number of carbonyl (C=O) groups is 2. The van der Waals surface area contributed by atoms with E-state index in [1.54, 1.807) is 11.4 Å². The zero-order chi connectivity index (χ0) is 15.6. The van der Waals surface area contributed by atoms with Gasteiger partial charge in [0.1, 0.15) is 0 Å². The highest BCUT2D eigenvalue weighted by Gasteiger charge is 2.32. The molecule has 2 rings (SSSR count). The Morgan fingerprint density at radius 1 is 1.19 bits per heavy atom. The molecule has 0 bridgehead atoms. The lowest BCUT2D eigenvalue weighted by Crippen LogP contribution is -2.13. The molecule has 1 aromatic carbocycles. The summed E-state index contributed by atoms with van der Waals surface area (Å²) in [7, 11) is 0. The first kappa shape index (κ1) is 15.0. The van der Waals surface area contributed by atoms with Gasteiger partial charge in [-0.05, 0) is 29.6 Å². The molecule has 1 amide bonds. The molecule has 2 aromatic rings. The summed E-state index contributed by atoms with van der Waals surface area (Å²) in [5.74, 6) is -2.10. The fourth-order valence-electron chi connectivity index (χ4n) is 1.59. The van der Waals surface area contributed by atoms with E-state index in [9.17, 15) is 22.8 Å². The summed E-state index contributed by atoms with van der Waals surface area (Å²) < 4.78 is 38.2. The molecular formula is C13H8F3NO3S. The van der Waals surface area contributed by atoms with Gasteiger partial charge in [0.2, 0.25) is 0 Å². The van der Waals surface area contributed by atoms with Crippen molar-refractivity contribution in [3.8, 4) is 0 Å². The van der Waals surface area contributed by atoms with Crippen molar-refractivity contribution in [3.63, 3.8) is 0 Å². The fourth-order valence-corrected chi connectivity index (χ4v) is 2.21. The number of hydrogen-bond acceptors (Lipinski definition) is 3. The minimum absolute atomic E-state index is 0.222. The number of thiophene rings is 1. The van der Waals surface area contributed by atoms with Crippen LogP contribution in [0.1, 0.15) is 25.6 Å². The summed E-state index contributed by atoms with van der Waals surface area (Å²) in [4.78, 5) is 23.0. The van der Waals surface area contributed by atoms with E-state index in [0.717, 1.165) is 17.4 Å². The highest BCUT2D eigenvalue weighted by atomic mass is 32.1. The lowest BCUT2D eigenvalue weighted by Gasteiger charge is -2.11. The van der Waals surface area contributed by atoms with Crippen LogP contribution in [0, 0.1) is 0 Å². The quantitative estimate of drug-likeness (QED) is 0.907. The molecule has 110 valence electrons. The van der Waals surface area contributed by atoms with E-state index in [1.165, 1.54) is 6.07 Å². The average Bonchev–Trinajstić information content (AvgIpc) is 2.91. The van der Waals surface area contributed by atoms with Crippen molar-refractivity contribution in [1.29, 1.82) is 0 Å². The molecule has 1 aromatic heterocycles. The summed E-state index contributed by atoms with van der Waals surface area (Å²) in [6.45, 7) is 0. The Kier molecular flexibility index (Phi) is 3.99. The van der Waals surface area contributed by atoms with Gasteiger partial charge in [-0.2, -0.15) is 13.2 Å². The number of alkyl halides is 3. The smallest absolute Gasteiger partial charge is 0.416 e. The standard InChI is InChI=1S/C13H8F3NO3S/c14-13(15,16)8-4-7(12(19)20)5-9(6-8)17-11(18)10-2-1-3-21-10/h1-6H,(H,17,18)(H,19,20). The van der Waals surface area contributed by atoms with Crippen LogP contribution in [0.3, 0.4) is 0 Å². The zero-order valence-corrected chi connectivity index (χ0v) is 11.1. The highest BCUT2D eigenvalue weighted by Crippen LogP contribution is 2.32. The second kappa shape index (κ2) is 5.57. The van der Waals surface area contributed by atoms with E-state index in [2.05, 4.69) is 5.32 Å². The molecule has 4 nitrogen and oxygen atoms in total. The van der Waals surface area contributed by atoms with Crippen LogP contribution in [0.15, 0.2) is 35.7 Å². The lowest BCUT2D eigenvalue weighted by atomic mass is 10.1. The Morgan fingerprint density at radius 2 is 1.90 bits per heavy atom. The lowest BCUT2D eigenvalue weighted by molar-refractivity contribution is -0.137. The molecule has 0 fully saturated rings. The molecule has 0 spiro atoms. The third-order valence-corrected chi connectivity index (χ3v) is 3.38. The maximum absolute atomic E-state index is 12.7. The van der Waals surface area contributed by atoms with E-state index < -0.39 is 29.2 Å². The summed E-state index contributed by atoms with van der Waals surface area (Å²) in [6, 6.07) is 5.31. The zero-order valence-electron chi connectivity index (χ0n) is 10.3. The van der Waals surface area contributed by atoms with Crippen molar-refractivity contribution in [2.24, 2.45) is 0 Å². The van der Waals surface area contributed by atoms with Gasteiger partial charge in [0.15, 0.2) is 0 Å². The molecule has 0 aliphatic heterocycles. The minimum Gasteiger partial charge on any atom is -0.478 e. The van der Waals surface area contributed by atoms with Crippen LogP contribution >= 0.6 is 11.3 Å². The number of rotatable bonds is 3. The first-order valence-electron chi connectivity index (χ1n) is 5.58. The second-order valence-corrected chi connectivity index (χ2v) is 4.98. The van der Waals surface area contributed by atoms with Gasteiger partial charge >= 0.3 is 12.1 Å². The van der Waals surface area contributed by atoms with Gasteiger partial charge in [-0.15, -0.1) is 11.3 Å².